The molecule has 12 nitrogen and oxygen atoms in total. The van der Waals surface area contributed by atoms with E-state index < -0.39 is 29.7 Å². The first-order valence-electron chi connectivity index (χ1n) is 20.8. The molecule has 0 aromatic heterocycles. The number of hydrogen-bond donors (Lipinski definition) is 0. The summed E-state index contributed by atoms with van der Waals surface area (Å²) in [5.74, 6) is 1.34. The number of hydrogen-bond acceptors (Lipinski definition) is 14. The molecule has 2 saturated heterocycles. The van der Waals surface area contributed by atoms with Crippen LogP contribution in [0.1, 0.15) is 105 Å². The fourth-order valence-corrected chi connectivity index (χ4v) is 10.6. The Morgan fingerprint density at radius 2 is 1.57 bits per heavy atom. The topological polar surface area (TPSA) is 142 Å². The fraction of sp³-hybridized carbons (Fsp3) is 0.810. The Bertz CT molecular complexity index is 1300. The van der Waals surface area contributed by atoms with Gasteiger partial charge in [0.05, 0.1) is 51.5 Å². The third-order valence-electron chi connectivity index (χ3n) is 11.2. The van der Waals surface area contributed by atoms with E-state index in [4.69, 9.17) is 37.9 Å². The maximum Gasteiger partial charge on any atom is 0.508 e. The predicted molar refractivity (Wildman–Crippen MR) is 216 cm³/mol. The van der Waals surface area contributed by atoms with E-state index in [9.17, 15) is 19.2 Å². The zero-order chi connectivity index (χ0) is 40.3. The molecule has 14 heteroatoms. The lowest BCUT2D eigenvalue weighted by Gasteiger charge is -2.44. The van der Waals surface area contributed by atoms with Crippen LogP contribution >= 0.6 is 21.6 Å². The number of carbonyl (C=O) groups excluding carboxylic acids is 4. The molecule has 2 fully saturated rings. The van der Waals surface area contributed by atoms with E-state index in [2.05, 4.69) is 32.1 Å². The van der Waals surface area contributed by atoms with Gasteiger partial charge in [0.2, 0.25) is 0 Å². The summed E-state index contributed by atoms with van der Waals surface area (Å²) in [5.41, 5.74) is 0.668. The summed E-state index contributed by atoms with van der Waals surface area (Å²) in [5, 5.41) is 0.740. The number of esters is 3. The van der Waals surface area contributed by atoms with Crippen LogP contribution in [-0.2, 0) is 52.3 Å². The number of rotatable bonds is 24. The van der Waals surface area contributed by atoms with Gasteiger partial charge in [-0.15, -0.1) is 0 Å². The molecule has 56 heavy (non-hydrogen) atoms. The molecule has 4 rings (SSSR count). The quantitative estimate of drug-likeness (QED) is 0.0401. The highest BCUT2D eigenvalue weighted by atomic mass is 33.1. The molecule has 8 atom stereocenters. The smallest absolute Gasteiger partial charge is 0.463 e. The van der Waals surface area contributed by atoms with E-state index in [0.717, 1.165) is 30.9 Å². The molecule has 0 aromatic rings. The van der Waals surface area contributed by atoms with Gasteiger partial charge in [-0.1, -0.05) is 67.0 Å². The van der Waals surface area contributed by atoms with Gasteiger partial charge in [0, 0.05) is 29.8 Å². The molecule has 0 aromatic carbocycles. The van der Waals surface area contributed by atoms with Gasteiger partial charge in [0.1, 0.15) is 31.5 Å². The average molecular weight is 827 g/mol. The summed E-state index contributed by atoms with van der Waals surface area (Å²) in [6, 6.07) is 0. The molecule has 0 bridgehead atoms. The van der Waals surface area contributed by atoms with E-state index in [1.54, 1.807) is 0 Å². The van der Waals surface area contributed by atoms with Crippen molar-refractivity contribution in [1.29, 1.82) is 0 Å². The third kappa shape index (κ3) is 16.2. The van der Waals surface area contributed by atoms with Crippen LogP contribution in [0.15, 0.2) is 23.8 Å². The second kappa shape index (κ2) is 24.6. The number of allylic oxidation sites excluding steroid dienone is 3. The van der Waals surface area contributed by atoms with E-state index in [1.807, 2.05) is 42.4 Å². The number of unbranched alkanes of at least 4 members (excludes halogenated alkanes) is 1. The van der Waals surface area contributed by atoms with Gasteiger partial charge < -0.3 is 37.9 Å². The maximum atomic E-state index is 13.1. The first-order valence-corrected chi connectivity index (χ1v) is 23.1. The van der Waals surface area contributed by atoms with E-state index >= 15 is 0 Å². The molecule has 0 N–H and O–H groups in total. The molecule has 318 valence electrons. The molecule has 0 saturated carbocycles. The third-order valence-corrected chi connectivity index (χ3v) is 14.2. The largest absolute Gasteiger partial charge is 0.508 e. The lowest BCUT2D eigenvalue weighted by Crippen LogP contribution is -2.43. The highest BCUT2D eigenvalue weighted by molar-refractivity contribution is 8.77. The van der Waals surface area contributed by atoms with Gasteiger partial charge in [-0.25, -0.2) is 4.79 Å². The van der Waals surface area contributed by atoms with Crippen molar-refractivity contribution in [2.24, 2.45) is 29.1 Å². The van der Waals surface area contributed by atoms with Crippen LogP contribution in [-0.4, -0.2) is 106 Å². The minimum Gasteiger partial charge on any atom is -0.463 e. The number of ether oxygens (including phenoxy) is 8. The Hall–Kier alpha value is -2.26. The number of carbonyl (C=O) groups is 4. The molecular weight excluding hydrogens is 761 g/mol. The van der Waals surface area contributed by atoms with E-state index in [-0.39, 0.29) is 62.0 Å². The normalized spacial score (nSPS) is 27.5. The summed E-state index contributed by atoms with van der Waals surface area (Å²) < 4.78 is 44.2. The number of cyclic esters (lactones) is 1. The molecular formula is C42H66O12S2. The van der Waals surface area contributed by atoms with Crippen molar-refractivity contribution in [2.75, 3.05) is 58.6 Å². The van der Waals surface area contributed by atoms with Crippen molar-refractivity contribution >= 4 is 45.7 Å². The van der Waals surface area contributed by atoms with Crippen LogP contribution in [0.25, 0.3) is 0 Å². The van der Waals surface area contributed by atoms with Gasteiger partial charge in [0.25, 0.3) is 0 Å². The van der Waals surface area contributed by atoms with Gasteiger partial charge in [-0.3, -0.25) is 14.4 Å². The van der Waals surface area contributed by atoms with Crippen LogP contribution in [0.3, 0.4) is 0 Å². The average Bonchev–Trinajstić information content (AvgIpc) is 3.68. The Balaban J connectivity index is 1.03. The standard InChI is InChI=1S/C42H66O12S2/c1-6-42(4,5)40(45)54-36-26-29(2)25-31-12-11-30(3)35(39(31)36)14-13-32-27-33(28-38(44)52-32)53-41(46)51-23-21-49-19-17-47-16-18-48-20-22-50-37(43)10-8-7-9-34-15-24-55-56-34/h11-12,25,29-30,32-36,39H,6-10,13-24,26-28H2,1-5H3. The van der Waals surface area contributed by atoms with Crippen molar-refractivity contribution in [1.82, 2.24) is 0 Å². The Kier molecular flexibility index (Phi) is 20.4. The van der Waals surface area contributed by atoms with Crippen LogP contribution in [0, 0.1) is 29.1 Å². The van der Waals surface area contributed by atoms with Crippen LogP contribution in [0.4, 0.5) is 4.79 Å². The highest BCUT2D eigenvalue weighted by Gasteiger charge is 2.43. The first-order chi connectivity index (χ1) is 26.9. The SMILES string of the molecule is CCC(C)(C)C(=O)OC1CC(C)C=C2C=CC(C)C(CCC3CC(OC(=O)OCCOCCOCCOCCOC(=O)CCCCC4CCSS4)CC(=O)O3)C21. The summed E-state index contributed by atoms with van der Waals surface area (Å²) in [7, 11) is 3.91. The van der Waals surface area contributed by atoms with Gasteiger partial charge in [0.15, 0.2) is 0 Å². The monoisotopic (exact) mass is 826 g/mol. The lowest BCUT2D eigenvalue weighted by molar-refractivity contribution is -0.166. The second-order valence-electron chi connectivity index (χ2n) is 16.1. The van der Waals surface area contributed by atoms with E-state index in [0.29, 0.717) is 64.6 Å². The van der Waals surface area contributed by atoms with E-state index in [1.165, 1.54) is 24.2 Å². The molecule has 0 amide bonds. The molecule has 2 aliphatic heterocycles. The Morgan fingerprint density at radius 3 is 2.25 bits per heavy atom. The van der Waals surface area contributed by atoms with Crippen LogP contribution < -0.4 is 0 Å². The summed E-state index contributed by atoms with van der Waals surface area (Å²) in [6.07, 6.45) is 12.7. The van der Waals surface area contributed by atoms with Crippen molar-refractivity contribution in [3.05, 3.63) is 23.8 Å². The molecule has 0 spiro atoms. The van der Waals surface area contributed by atoms with Crippen molar-refractivity contribution < 1.29 is 57.1 Å². The van der Waals surface area contributed by atoms with Crippen molar-refractivity contribution in [3.63, 3.8) is 0 Å². The Morgan fingerprint density at radius 1 is 0.875 bits per heavy atom. The molecule has 8 unspecified atom stereocenters. The van der Waals surface area contributed by atoms with Crippen molar-refractivity contribution in [3.8, 4) is 0 Å². The summed E-state index contributed by atoms with van der Waals surface area (Å²) in [4.78, 5) is 49.9. The van der Waals surface area contributed by atoms with Gasteiger partial charge in [-0.05, 0) is 82.1 Å². The molecule has 2 aliphatic carbocycles. The fourth-order valence-electron chi connectivity index (χ4n) is 7.54. The highest BCUT2D eigenvalue weighted by Crippen LogP contribution is 2.46. The minimum absolute atomic E-state index is 0.00410. The lowest BCUT2D eigenvalue weighted by atomic mass is 9.65. The molecule has 2 heterocycles. The van der Waals surface area contributed by atoms with Gasteiger partial charge >= 0.3 is 24.1 Å². The zero-order valence-electron chi connectivity index (χ0n) is 34.2. The van der Waals surface area contributed by atoms with Crippen LogP contribution in [0.5, 0.6) is 0 Å². The second-order valence-corrected chi connectivity index (χ2v) is 18.9. The van der Waals surface area contributed by atoms with Gasteiger partial charge in [-0.2, -0.15) is 0 Å². The minimum atomic E-state index is -0.847. The maximum absolute atomic E-state index is 13.1. The summed E-state index contributed by atoms with van der Waals surface area (Å²) >= 11 is 0. The number of fused-ring (bicyclic) bond motifs is 1. The summed E-state index contributed by atoms with van der Waals surface area (Å²) in [6.45, 7) is 12.4. The molecule has 4 aliphatic rings. The molecule has 0 radical (unpaired) electrons. The van der Waals surface area contributed by atoms with Crippen molar-refractivity contribution in [2.45, 2.75) is 129 Å². The first kappa shape index (κ1) is 46.4. The Labute approximate surface area is 341 Å². The van der Waals surface area contributed by atoms with Crippen LogP contribution in [0.2, 0.25) is 0 Å². The zero-order valence-corrected chi connectivity index (χ0v) is 35.8. The predicted octanol–water partition coefficient (Wildman–Crippen LogP) is 8.05.